The van der Waals surface area contributed by atoms with Gasteiger partial charge in [0.25, 0.3) is 0 Å². The number of nitrogens with zero attached hydrogens (tertiary/aromatic N) is 3. The van der Waals surface area contributed by atoms with E-state index in [1.54, 1.807) is 0 Å². The van der Waals surface area contributed by atoms with Crippen LogP contribution in [0, 0.1) is 0 Å². The molecule has 2 heterocycles. The second kappa shape index (κ2) is 8.44. The van der Waals surface area contributed by atoms with E-state index >= 15 is 0 Å². The van der Waals surface area contributed by atoms with Crippen LogP contribution in [0.1, 0.15) is 18.5 Å². The van der Waals surface area contributed by atoms with Crippen molar-refractivity contribution >= 4 is 33.7 Å². The molecular formula is C16H27BrN4OS. The largest absolute Gasteiger partial charge is 0.381 e. The number of ether oxygens (including phenoxy) is 1. The summed E-state index contributed by atoms with van der Waals surface area (Å²) in [5.41, 5.74) is 1.24. The number of hydrogen-bond acceptors (Lipinski definition) is 3. The molecule has 0 aromatic carbocycles. The fourth-order valence-electron chi connectivity index (χ4n) is 2.86. The van der Waals surface area contributed by atoms with Gasteiger partial charge in [-0.25, -0.2) is 0 Å². The number of aliphatic imine (C=N–C) groups is 1. The van der Waals surface area contributed by atoms with E-state index in [1.807, 2.05) is 18.8 Å². The molecule has 0 spiro atoms. The average molecular weight is 403 g/mol. The molecule has 0 bridgehead atoms. The summed E-state index contributed by atoms with van der Waals surface area (Å²) in [5.74, 6) is 0.933. The van der Waals surface area contributed by atoms with Crippen molar-refractivity contribution in [3.63, 3.8) is 0 Å². The number of thioether (sulfide) groups is 1. The second-order valence-electron chi connectivity index (χ2n) is 6.02. The second-order valence-corrected chi connectivity index (χ2v) is 8.21. The summed E-state index contributed by atoms with van der Waals surface area (Å²) >= 11 is 5.47. The van der Waals surface area contributed by atoms with Gasteiger partial charge in [0.15, 0.2) is 5.96 Å². The highest BCUT2D eigenvalue weighted by atomic mass is 79.9. The van der Waals surface area contributed by atoms with E-state index < -0.39 is 0 Å². The van der Waals surface area contributed by atoms with Gasteiger partial charge >= 0.3 is 0 Å². The van der Waals surface area contributed by atoms with Gasteiger partial charge in [0.2, 0.25) is 0 Å². The molecule has 1 aliphatic heterocycles. The maximum absolute atomic E-state index is 5.51. The molecule has 1 aromatic rings. The summed E-state index contributed by atoms with van der Waals surface area (Å²) in [6, 6.07) is 2.14. The molecule has 1 aromatic heterocycles. The van der Waals surface area contributed by atoms with Crippen molar-refractivity contribution in [1.82, 2.24) is 14.8 Å². The minimum atomic E-state index is 0.253. The van der Waals surface area contributed by atoms with Gasteiger partial charge in [-0.3, -0.25) is 4.99 Å². The molecule has 1 fully saturated rings. The molecule has 2 rings (SSSR count). The normalized spacial score (nSPS) is 18.0. The fraction of sp³-hybridized carbons (Fsp3) is 0.688. The van der Waals surface area contributed by atoms with Gasteiger partial charge in [0.1, 0.15) is 0 Å². The van der Waals surface area contributed by atoms with Crippen LogP contribution >= 0.6 is 27.7 Å². The molecule has 0 atom stereocenters. The van der Waals surface area contributed by atoms with E-state index in [2.05, 4.69) is 68.3 Å². The zero-order valence-corrected chi connectivity index (χ0v) is 16.8. The molecule has 0 amide bonds. The Morgan fingerprint density at radius 1 is 1.52 bits per heavy atom. The highest BCUT2D eigenvalue weighted by Gasteiger charge is 2.32. The van der Waals surface area contributed by atoms with Crippen molar-refractivity contribution in [3.05, 3.63) is 22.4 Å². The Balaban J connectivity index is 1.95. The molecule has 1 saturated heterocycles. The Bertz CT molecular complexity index is 540. The molecular weight excluding hydrogens is 376 g/mol. The van der Waals surface area contributed by atoms with Crippen LogP contribution in [-0.2, 0) is 18.3 Å². The maximum Gasteiger partial charge on any atom is 0.193 e. The minimum Gasteiger partial charge on any atom is -0.381 e. The molecule has 0 saturated carbocycles. The monoisotopic (exact) mass is 402 g/mol. The van der Waals surface area contributed by atoms with Crippen LogP contribution in [-0.4, -0.2) is 60.3 Å². The van der Waals surface area contributed by atoms with Gasteiger partial charge < -0.3 is 19.5 Å². The van der Waals surface area contributed by atoms with Gasteiger partial charge in [0.05, 0.1) is 6.54 Å². The van der Waals surface area contributed by atoms with Crippen LogP contribution in [0.15, 0.2) is 21.7 Å². The Morgan fingerprint density at radius 2 is 2.22 bits per heavy atom. The lowest BCUT2D eigenvalue weighted by atomic mass is 9.99. The van der Waals surface area contributed by atoms with E-state index in [1.165, 1.54) is 5.69 Å². The predicted molar refractivity (Wildman–Crippen MR) is 102 cm³/mol. The first-order valence-electron chi connectivity index (χ1n) is 7.85. The quantitative estimate of drug-likeness (QED) is 0.607. The first kappa shape index (κ1) is 18.7. The minimum absolute atomic E-state index is 0.253. The van der Waals surface area contributed by atoms with E-state index in [0.717, 1.165) is 49.6 Å². The smallest absolute Gasteiger partial charge is 0.193 e. The Hall–Kier alpha value is -0.660. The third kappa shape index (κ3) is 4.90. The van der Waals surface area contributed by atoms with Gasteiger partial charge in [0, 0.05) is 62.0 Å². The zero-order chi connectivity index (χ0) is 16.9. The lowest BCUT2D eigenvalue weighted by Crippen LogP contribution is -2.48. The third-order valence-electron chi connectivity index (χ3n) is 4.45. The van der Waals surface area contributed by atoms with Crippen molar-refractivity contribution in [3.8, 4) is 0 Å². The average Bonchev–Trinajstić information content (AvgIpc) is 2.86. The van der Waals surface area contributed by atoms with Crippen molar-refractivity contribution in [2.75, 3.05) is 40.1 Å². The number of halogens is 1. The summed E-state index contributed by atoms with van der Waals surface area (Å²) in [7, 11) is 5.98. The number of hydrogen-bond donors (Lipinski definition) is 1. The van der Waals surface area contributed by atoms with Crippen LogP contribution in [0.5, 0.6) is 0 Å². The van der Waals surface area contributed by atoms with Gasteiger partial charge in [-0.15, -0.1) is 0 Å². The van der Waals surface area contributed by atoms with Crippen molar-refractivity contribution in [2.45, 2.75) is 24.1 Å². The van der Waals surface area contributed by atoms with Crippen LogP contribution in [0.4, 0.5) is 0 Å². The Morgan fingerprint density at radius 3 is 2.74 bits per heavy atom. The van der Waals surface area contributed by atoms with Gasteiger partial charge in [-0.1, -0.05) is 0 Å². The van der Waals surface area contributed by atoms with Crippen molar-refractivity contribution in [1.29, 1.82) is 0 Å². The van der Waals surface area contributed by atoms with Gasteiger partial charge in [-0.05, 0) is 41.1 Å². The standard InChI is InChI=1S/C16H27BrN4OS/c1-18-15(19-12-16(23-4)5-7-22-8-6-16)21(3)11-14-9-13(17)10-20(14)2/h9-10H,5-8,11-12H2,1-4H3,(H,18,19). The Labute approximate surface area is 152 Å². The van der Waals surface area contributed by atoms with Crippen molar-refractivity contribution < 1.29 is 4.74 Å². The Kier molecular flexibility index (Phi) is 6.85. The van der Waals surface area contributed by atoms with Crippen LogP contribution < -0.4 is 5.32 Å². The number of rotatable bonds is 5. The van der Waals surface area contributed by atoms with Crippen LogP contribution in [0.25, 0.3) is 0 Å². The summed E-state index contributed by atoms with van der Waals surface area (Å²) in [6.45, 7) is 3.45. The number of aryl methyl sites for hydroxylation is 1. The lowest BCUT2D eigenvalue weighted by Gasteiger charge is -2.36. The third-order valence-corrected chi connectivity index (χ3v) is 6.31. The van der Waals surface area contributed by atoms with E-state index in [-0.39, 0.29) is 4.75 Å². The van der Waals surface area contributed by atoms with Gasteiger partial charge in [-0.2, -0.15) is 11.8 Å². The van der Waals surface area contributed by atoms with E-state index in [9.17, 15) is 0 Å². The lowest BCUT2D eigenvalue weighted by molar-refractivity contribution is 0.0781. The van der Waals surface area contributed by atoms with Crippen LogP contribution in [0.2, 0.25) is 0 Å². The molecule has 130 valence electrons. The van der Waals surface area contributed by atoms with E-state index in [4.69, 9.17) is 4.74 Å². The molecule has 0 radical (unpaired) electrons. The summed E-state index contributed by atoms with van der Waals surface area (Å²) < 4.78 is 9.01. The highest BCUT2D eigenvalue weighted by Crippen LogP contribution is 2.33. The fourth-order valence-corrected chi connectivity index (χ4v) is 4.23. The number of aromatic nitrogens is 1. The maximum atomic E-state index is 5.51. The molecule has 23 heavy (non-hydrogen) atoms. The zero-order valence-electron chi connectivity index (χ0n) is 14.4. The molecule has 0 aliphatic carbocycles. The molecule has 1 N–H and O–H groups in total. The predicted octanol–water partition coefficient (Wildman–Crippen LogP) is 2.71. The van der Waals surface area contributed by atoms with Crippen molar-refractivity contribution in [2.24, 2.45) is 12.0 Å². The highest BCUT2D eigenvalue weighted by molar-refractivity contribution is 9.10. The summed E-state index contributed by atoms with van der Waals surface area (Å²) in [5, 5.41) is 3.56. The number of nitrogens with one attached hydrogen (secondary N) is 1. The molecule has 0 unspecified atom stereocenters. The summed E-state index contributed by atoms with van der Waals surface area (Å²) in [6.07, 6.45) is 6.45. The molecule has 7 heteroatoms. The molecule has 5 nitrogen and oxygen atoms in total. The first-order valence-corrected chi connectivity index (χ1v) is 9.87. The molecule has 1 aliphatic rings. The van der Waals surface area contributed by atoms with E-state index in [0.29, 0.717) is 0 Å². The topological polar surface area (TPSA) is 41.8 Å². The number of guanidine groups is 1. The van der Waals surface area contributed by atoms with Crippen LogP contribution in [0.3, 0.4) is 0 Å². The SMILES string of the molecule is CN=C(NCC1(SC)CCOCC1)N(C)Cc1cc(Br)cn1C. The first-order chi connectivity index (χ1) is 11.0. The summed E-state index contributed by atoms with van der Waals surface area (Å²) in [4.78, 5) is 6.60.